The molecule has 0 atom stereocenters. The van der Waals surface area contributed by atoms with Crippen molar-refractivity contribution in [1.29, 1.82) is 0 Å². The number of ether oxygens (including phenoxy) is 2. The molecule has 0 unspecified atom stereocenters. The van der Waals surface area contributed by atoms with Crippen LogP contribution in [0.25, 0.3) is 0 Å². The lowest BCUT2D eigenvalue weighted by Crippen LogP contribution is -2.49. The van der Waals surface area contributed by atoms with Crippen molar-refractivity contribution in [2.75, 3.05) is 34.4 Å². The standard InChI is InChI=1S/C19H31BrN4O2/c1-13(2)24-8-6-15(7-9-24)23-19(21-3)22-12-14-10-16(20)18(26-5)17(11-14)25-4/h10-11,13,15H,6-9,12H2,1-5H3,(H2,21,22,23). The average Bonchev–Trinajstić information content (AvgIpc) is 2.64. The van der Waals surface area contributed by atoms with Crippen molar-refractivity contribution in [2.24, 2.45) is 4.99 Å². The van der Waals surface area contributed by atoms with E-state index in [0.717, 1.165) is 41.9 Å². The topological polar surface area (TPSA) is 58.1 Å². The van der Waals surface area contributed by atoms with E-state index in [1.54, 1.807) is 14.2 Å². The average molecular weight is 427 g/mol. The molecule has 0 aliphatic carbocycles. The molecule has 146 valence electrons. The SMILES string of the molecule is CN=C(NCc1cc(Br)c(OC)c(OC)c1)NC1CCN(C(C)C)CC1. The van der Waals surface area contributed by atoms with Crippen molar-refractivity contribution in [3.8, 4) is 11.5 Å². The molecule has 26 heavy (non-hydrogen) atoms. The number of methoxy groups -OCH3 is 2. The third kappa shape index (κ3) is 5.51. The van der Waals surface area contributed by atoms with Crippen molar-refractivity contribution >= 4 is 21.9 Å². The van der Waals surface area contributed by atoms with Gasteiger partial charge in [-0.05, 0) is 60.3 Å². The van der Waals surface area contributed by atoms with Gasteiger partial charge in [0.15, 0.2) is 17.5 Å². The van der Waals surface area contributed by atoms with Gasteiger partial charge < -0.3 is 25.0 Å². The van der Waals surface area contributed by atoms with Gasteiger partial charge in [0.25, 0.3) is 0 Å². The Kier molecular flexibility index (Phi) is 8.03. The molecule has 0 saturated carbocycles. The summed E-state index contributed by atoms with van der Waals surface area (Å²) in [4.78, 5) is 6.89. The Morgan fingerprint density at radius 3 is 2.50 bits per heavy atom. The number of aliphatic imine (C=N–C) groups is 1. The van der Waals surface area contributed by atoms with Crippen LogP contribution in [0.4, 0.5) is 0 Å². The van der Waals surface area contributed by atoms with Crippen LogP contribution in [-0.2, 0) is 6.54 Å². The van der Waals surface area contributed by atoms with Gasteiger partial charge in [0.1, 0.15) is 0 Å². The van der Waals surface area contributed by atoms with Gasteiger partial charge in [-0.3, -0.25) is 4.99 Å². The highest BCUT2D eigenvalue weighted by molar-refractivity contribution is 9.10. The van der Waals surface area contributed by atoms with Gasteiger partial charge in [-0.15, -0.1) is 0 Å². The van der Waals surface area contributed by atoms with Crippen LogP contribution >= 0.6 is 15.9 Å². The van der Waals surface area contributed by atoms with Crippen molar-refractivity contribution in [3.63, 3.8) is 0 Å². The van der Waals surface area contributed by atoms with Gasteiger partial charge in [-0.1, -0.05) is 0 Å². The second-order valence-corrected chi connectivity index (χ2v) is 7.64. The first-order chi connectivity index (χ1) is 12.5. The summed E-state index contributed by atoms with van der Waals surface area (Å²) in [5, 5.41) is 6.94. The van der Waals surface area contributed by atoms with Crippen LogP contribution in [0, 0.1) is 0 Å². The molecule has 2 N–H and O–H groups in total. The van der Waals surface area contributed by atoms with Gasteiger partial charge in [0.05, 0.1) is 18.7 Å². The number of halogens is 1. The summed E-state index contributed by atoms with van der Waals surface area (Å²) < 4.78 is 11.6. The van der Waals surface area contributed by atoms with Gasteiger partial charge in [0, 0.05) is 38.8 Å². The number of rotatable bonds is 6. The maximum atomic E-state index is 5.41. The highest BCUT2D eigenvalue weighted by Crippen LogP contribution is 2.36. The summed E-state index contributed by atoms with van der Waals surface area (Å²) in [6.07, 6.45) is 2.28. The van der Waals surface area contributed by atoms with Gasteiger partial charge in [0.2, 0.25) is 0 Å². The van der Waals surface area contributed by atoms with Crippen LogP contribution in [0.5, 0.6) is 11.5 Å². The molecule has 1 aromatic carbocycles. The van der Waals surface area contributed by atoms with E-state index in [0.29, 0.717) is 30.1 Å². The predicted molar refractivity (Wildman–Crippen MR) is 110 cm³/mol. The highest BCUT2D eigenvalue weighted by atomic mass is 79.9. The molecular formula is C19H31BrN4O2. The van der Waals surface area contributed by atoms with Crippen LogP contribution in [0.2, 0.25) is 0 Å². The van der Waals surface area contributed by atoms with Gasteiger partial charge in [-0.25, -0.2) is 0 Å². The summed E-state index contributed by atoms with van der Waals surface area (Å²) in [7, 11) is 5.09. The molecule has 1 fully saturated rings. The van der Waals surface area contributed by atoms with E-state index in [1.807, 2.05) is 19.2 Å². The lowest BCUT2D eigenvalue weighted by Gasteiger charge is -2.35. The zero-order valence-electron chi connectivity index (χ0n) is 16.4. The van der Waals surface area contributed by atoms with Crippen LogP contribution in [-0.4, -0.2) is 57.3 Å². The molecule has 1 aliphatic rings. The fourth-order valence-corrected chi connectivity index (χ4v) is 3.86. The molecule has 1 aromatic rings. The number of nitrogens with zero attached hydrogens (tertiary/aromatic N) is 2. The number of hydrogen-bond donors (Lipinski definition) is 2. The first-order valence-corrected chi connectivity index (χ1v) is 9.89. The summed E-state index contributed by atoms with van der Waals surface area (Å²) in [6, 6.07) is 5.10. The van der Waals surface area contributed by atoms with E-state index in [1.165, 1.54) is 0 Å². The molecule has 7 heteroatoms. The van der Waals surface area contributed by atoms with Crippen LogP contribution in [0.15, 0.2) is 21.6 Å². The Bertz CT molecular complexity index is 614. The van der Waals surface area contributed by atoms with Crippen LogP contribution in [0.3, 0.4) is 0 Å². The molecule has 6 nitrogen and oxygen atoms in total. The number of benzene rings is 1. The van der Waals surface area contributed by atoms with Crippen LogP contribution in [0.1, 0.15) is 32.3 Å². The number of guanidine groups is 1. The third-order valence-corrected chi connectivity index (χ3v) is 5.37. The Hall–Kier alpha value is -1.47. The van der Waals surface area contributed by atoms with E-state index in [9.17, 15) is 0 Å². The normalized spacial score (nSPS) is 16.7. The smallest absolute Gasteiger partial charge is 0.191 e. The van der Waals surface area contributed by atoms with E-state index >= 15 is 0 Å². The molecule has 2 rings (SSSR count). The maximum Gasteiger partial charge on any atom is 0.191 e. The zero-order valence-corrected chi connectivity index (χ0v) is 18.0. The van der Waals surface area contributed by atoms with Crippen LogP contribution < -0.4 is 20.1 Å². The molecule has 0 spiro atoms. The first-order valence-electron chi connectivity index (χ1n) is 9.10. The largest absolute Gasteiger partial charge is 0.493 e. The van der Waals surface area contributed by atoms with E-state index in [2.05, 4.69) is 50.3 Å². The molecule has 1 saturated heterocycles. The molecule has 0 bridgehead atoms. The summed E-state index contributed by atoms with van der Waals surface area (Å²) in [6.45, 7) is 7.44. The second kappa shape index (κ2) is 10.0. The minimum absolute atomic E-state index is 0.466. The Balaban J connectivity index is 1.90. The summed E-state index contributed by atoms with van der Waals surface area (Å²) in [5.41, 5.74) is 1.09. The van der Waals surface area contributed by atoms with E-state index < -0.39 is 0 Å². The molecule has 1 aliphatic heterocycles. The predicted octanol–water partition coefficient (Wildman–Crippen LogP) is 3.00. The Morgan fingerprint density at radius 1 is 1.27 bits per heavy atom. The minimum Gasteiger partial charge on any atom is -0.493 e. The van der Waals surface area contributed by atoms with Crippen molar-refractivity contribution in [1.82, 2.24) is 15.5 Å². The number of nitrogens with one attached hydrogen (secondary N) is 2. The lowest BCUT2D eigenvalue weighted by molar-refractivity contribution is 0.167. The number of hydrogen-bond acceptors (Lipinski definition) is 4. The van der Waals surface area contributed by atoms with E-state index in [4.69, 9.17) is 9.47 Å². The van der Waals surface area contributed by atoms with Gasteiger partial charge >= 0.3 is 0 Å². The Morgan fingerprint density at radius 2 is 1.96 bits per heavy atom. The minimum atomic E-state index is 0.466. The fraction of sp³-hybridized carbons (Fsp3) is 0.632. The number of likely N-dealkylation sites (tertiary alicyclic amines) is 1. The Labute approximate surface area is 165 Å². The molecule has 0 amide bonds. The monoisotopic (exact) mass is 426 g/mol. The quantitative estimate of drug-likeness (QED) is 0.540. The maximum absolute atomic E-state index is 5.41. The van der Waals surface area contributed by atoms with E-state index in [-0.39, 0.29) is 0 Å². The van der Waals surface area contributed by atoms with Gasteiger partial charge in [-0.2, -0.15) is 0 Å². The number of piperidine rings is 1. The highest BCUT2D eigenvalue weighted by Gasteiger charge is 2.21. The summed E-state index contributed by atoms with van der Waals surface area (Å²) >= 11 is 3.54. The molecule has 0 aromatic heterocycles. The first kappa shape index (κ1) is 20.8. The van der Waals surface area contributed by atoms with Crippen molar-refractivity contribution in [2.45, 2.75) is 45.3 Å². The van der Waals surface area contributed by atoms with Crippen molar-refractivity contribution in [3.05, 3.63) is 22.2 Å². The fourth-order valence-electron chi connectivity index (χ4n) is 3.21. The van der Waals surface area contributed by atoms with Crippen molar-refractivity contribution < 1.29 is 9.47 Å². The second-order valence-electron chi connectivity index (χ2n) is 6.79. The third-order valence-electron chi connectivity index (χ3n) is 4.78. The molecule has 0 radical (unpaired) electrons. The molecular weight excluding hydrogens is 396 g/mol. The zero-order chi connectivity index (χ0) is 19.1. The molecule has 1 heterocycles. The lowest BCUT2D eigenvalue weighted by atomic mass is 10.0. The summed E-state index contributed by atoms with van der Waals surface area (Å²) in [5.74, 6) is 2.25.